The maximum Gasteiger partial charge on any atom is 0.240 e. The highest BCUT2D eigenvalue weighted by atomic mass is 32.2. The smallest absolute Gasteiger partial charge is 0.240 e. The number of sulfonamides is 1. The van der Waals surface area contributed by atoms with Gasteiger partial charge >= 0.3 is 0 Å². The summed E-state index contributed by atoms with van der Waals surface area (Å²) in [7, 11) is -3.51. The largest absolute Gasteiger partial charge is 0.270 e. The van der Waals surface area contributed by atoms with Gasteiger partial charge in [0.25, 0.3) is 0 Å². The van der Waals surface area contributed by atoms with E-state index in [4.69, 9.17) is 0 Å². The van der Waals surface area contributed by atoms with Crippen molar-refractivity contribution in [3.8, 4) is 0 Å². The van der Waals surface area contributed by atoms with Gasteiger partial charge < -0.3 is 0 Å². The molecule has 0 amide bonds. The van der Waals surface area contributed by atoms with Crippen LogP contribution in [0.2, 0.25) is 0 Å². The maximum atomic E-state index is 12.4. The molecule has 0 saturated heterocycles. The Labute approximate surface area is 138 Å². The molecule has 5 nitrogen and oxygen atoms in total. The molecule has 0 atom stereocenters. The van der Waals surface area contributed by atoms with Gasteiger partial charge in [-0.25, -0.2) is 13.1 Å². The Balaban J connectivity index is 2.14. The summed E-state index contributed by atoms with van der Waals surface area (Å²) in [6, 6.07) is 7.10. The van der Waals surface area contributed by atoms with Crippen LogP contribution in [-0.4, -0.2) is 18.2 Å². The highest BCUT2D eigenvalue weighted by Gasteiger charge is 2.17. The number of nitrogens with one attached hydrogen (secondary N) is 1. The van der Waals surface area contributed by atoms with Crippen molar-refractivity contribution in [2.24, 2.45) is 0 Å². The van der Waals surface area contributed by atoms with Crippen LogP contribution in [0, 0.1) is 13.8 Å². The Morgan fingerprint density at radius 3 is 2.30 bits per heavy atom. The van der Waals surface area contributed by atoms with Crippen LogP contribution in [0.3, 0.4) is 0 Å². The Hall–Kier alpha value is -1.66. The Bertz CT molecular complexity index is 762. The molecule has 1 heterocycles. The quantitative estimate of drug-likeness (QED) is 0.846. The van der Waals surface area contributed by atoms with Crippen LogP contribution in [0.4, 0.5) is 0 Å². The number of rotatable bonds is 7. The van der Waals surface area contributed by atoms with Crippen molar-refractivity contribution in [2.75, 3.05) is 0 Å². The number of nitrogens with zero attached hydrogens (tertiary/aromatic N) is 2. The summed E-state index contributed by atoms with van der Waals surface area (Å²) in [5.41, 5.74) is 3.97. The number of aromatic nitrogens is 2. The first-order valence-corrected chi connectivity index (χ1v) is 9.48. The van der Waals surface area contributed by atoms with Crippen molar-refractivity contribution in [1.82, 2.24) is 14.5 Å². The normalized spacial score (nSPS) is 11.8. The van der Waals surface area contributed by atoms with Crippen LogP contribution in [0.5, 0.6) is 0 Å². The lowest BCUT2D eigenvalue weighted by Gasteiger charge is -2.08. The van der Waals surface area contributed by atoms with E-state index in [9.17, 15) is 8.42 Å². The van der Waals surface area contributed by atoms with Crippen LogP contribution in [0.15, 0.2) is 29.2 Å². The first-order chi connectivity index (χ1) is 10.9. The molecule has 0 unspecified atom stereocenters. The third-order valence-electron chi connectivity index (χ3n) is 4.04. The van der Waals surface area contributed by atoms with Crippen molar-refractivity contribution in [2.45, 2.75) is 58.5 Å². The number of hydrogen-bond donors (Lipinski definition) is 1. The summed E-state index contributed by atoms with van der Waals surface area (Å²) in [4.78, 5) is 0.301. The third kappa shape index (κ3) is 4.00. The molecule has 0 fully saturated rings. The van der Waals surface area contributed by atoms with Gasteiger partial charge in [0, 0.05) is 24.3 Å². The highest BCUT2D eigenvalue weighted by Crippen LogP contribution is 2.16. The van der Waals surface area contributed by atoms with Gasteiger partial charge in [0.2, 0.25) is 10.0 Å². The van der Waals surface area contributed by atoms with E-state index in [1.54, 1.807) is 12.1 Å². The van der Waals surface area contributed by atoms with E-state index in [1.807, 2.05) is 37.6 Å². The number of hydrogen-bond acceptors (Lipinski definition) is 3. The summed E-state index contributed by atoms with van der Waals surface area (Å²) in [6.45, 7) is 9.03. The van der Waals surface area contributed by atoms with E-state index in [0.29, 0.717) is 4.90 Å². The molecule has 0 aliphatic carbocycles. The molecule has 0 saturated carbocycles. The topological polar surface area (TPSA) is 64.0 Å². The van der Waals surface area contributed by atoms with E-state index < -0.39 is 10.0 Å². The van der Waals surface area contributed by atoms with Gasteiger partial charge in [-0.05, 0) is 44.9 Å². The Morgan fingerprint density at radius 2 is 1.78 bits per heavy atom. The van der Waals surface area contributed by atoms with E-state index in [0.717, 1.165) is 41.9 Å². The summed E-state index contributed by atoms with van der Waals surface area (Å²) in [5, 5.41) is 4.42. The molecule has 2 rings (SSSR count). The molecule has 1 N–H and O–H groups in total. The minimum absolute atomic E-state index is 0.261. The highest BCUT2D eigenvalue weighted by molar-refractivity contribution is 7.89. The van der Waals surface area contributed by atoms with Crippen LogP contribution < -0.4 is 4.72 Å². The zero-order valence-corrected chi connectivity index (χ0v) is 15.1. The van der Waals surface area contributed by atoms with Gasteiger partial charge in [0.15, 0.2) is 0 Å². The number of aryl methyl sites for hydroxylation is 3. The average Bonchev–Trinajstić information content (AvgIpc) is 2.80. The summed E-state index contributed by atoms with van der Waals surface area (Å²) < 4.78 is 29.4. The second-order valence-corrected chi connectivity index (χ2v) is 7.45. The molecule has 2 aromatic rings. The fourth-order valence-electron chi connectivity index (χ4n) is 2.67. The van der Waals surface area contributed by atoms with E-state index in [-0.39, 0.29) is 6.54 Å². The van der Waals surface area contributed by atoms with Crippen molar-refractivity contribution in [3.63, 3.8) is 0 Å². The number of benzene rings is 1. The van der Waals surface area contributed by atoms with E-state index >= 15 is 0 Å². The molecular weight excluding hydrogens is 310 g/mol. The second kappa shape index (κ2) is 7.27. The molecule has 23 heavy (non-hydrogen) atoms. The van der Waals surface area contributed by atoms with Crippen LogP contribution in [0.25, 0.3) is 0 Å². The molecule has 6 heteroatoms. The Morgan fingerprint density at radius 1 is 1.13 bits per heavy atom. The van der Waals surface area contributed by atoms with Crippen molar-refractivity contribution in [1.29, 1.82) is 0 Å². The van der Waals surface area contributed by atoms with Gasteiger partial charge in [-0.2, -0.15) is 5.10 Å². The van der Waals surface area contributed by atoms with Crippen LogP contribution in [0.1, 0.15) is 42.8 Å². The maximum absolute atomic E-state index is 12.4. The van der Waals surface area contributed by atoms with Gasteiger partial charge in [-0.3, -0.25) is 4.68 Å². The van der Waals surface area contributed by atoms with Crippen LogP contribution >= 0.6 is 0 Å². The molecule has 0 aliphatic heterocycles. The minimum atomic E-state index is -3.51. The molecule has 0 aliphatic rings. The summed E-state index contributed by atoms with van der Waals surface area (Å²) in [6.07, 6.45) is 2.01. The predicted octanol–water partition coefficient (Wildman–Crippen LogP) is 2.95. The minimum Gasteiger partial charge on any atom is -0.270 e. The molecular formula is C17H25N3O2S. The lowest BCUT2D eigenvalue weighted by atomic mass is 10.1. The second-order valence-electron chi connectivity index (χ2n) is 5.68. The first-order valence-electron chi connectivity index (χ1n) is 8.00. The van der Waals surface area contributed by atoms with Crippen molar-refractivity contribution in [3.05, 3.63) is 46.8 Å². The third-order valence-corrected chi connectivity index (χ3v) is 5.46. The van der Waals surface area contributed by atoms with Gasteiger partial charge in [0.05, 0.1) is 10.6 Å². The lowest BCUT2D eigenvalue weighted by molar-refractivity contribution is 0.580. The standard InChI is InChI=1S/C17H25N3O2S/c1-5-7-15-8-10-16(11-9-15)23(21,22)18-12-17-13(3)19-20(6-2)14(17)4/h8-11,18H,5-7,12H2,1-4H3. The fraction of sp³-hybridized carbons (Fsp3) is 0.471. The SMILES string of the molecule is CCCc1ccc(S(=O)(=O)NCc2c(C)nn(CC)c2C)cc1. The summed E-state index contributed by atoms with van der Waals surface area (Å²) in [5.74, 6) is 0. The molecule has 1 aromatic carbocycles. The monoisotopic (exact) mass is 335 g/mol. The van der Waals surface area contributed by atoms with Gasteiger partial charge in [-0.15, -0.1) is 0 Å². The Kier molecular flexibility index (Phi) is 5.59. The fourth-order valence-corrected chi connectivity index (χ4v) is 3.67. The first kappa shape index (κ1) is 17.7. The van der Waals surface area contributed by atoms with Gasteiger partial charge in [-0.1, -0.05) is 25.5 Å². The van der Waals surface area contributed by atoms with Crippen LogP contribution in [-0.2, 0) is 29.5 Å². The van der Waals surface area contributed by atoms with Gasteiger partial charge in [0.1, 0.15) is 0 Å². The summed E-state index contributed by atoms with van der Waals surface area (Å²) >= 11 is 0. The van der Waals surface area contributed by atoms with E-state index in [2.05, 4.69) is 16.7 Å². The zero-order chi connectivity index (χ0) is 17.0. The zero-order valence-electron chi connectivity index (χ0n) is 14.3. The molecule has 0 bridgehead atoms. The lowest BCUT2D eigenvalue weighted by Crippen LogP contribution is -2.23. The molecule has 0 radical (unpaired) electrons. The van der Waals surface area contributed by atoms with Crippen molar-refractivity contribution < 1.29 is 8.42 Å². The average molecular weight is 335 g/mol. The predicted molar refractivity (Wildman–Crippen MR) is 91.8 cm³/mol. The molecule has 126 valence electrons. The molecule has 0 spiro atoms. The van der Waals surface area contributed by atoms with Crippen molar-refractivity contribution >= 4 is 10.0 Å². The molecule has 1 aromatic heterocycles. The van der Waals surface area contributed by atoms with E-state index in [1.165, 1.54) is 0 Å².